The van der Waals surface area contributed by atoms with E-state index in [1.54, 1.807) is 34.3 Å². The number of aromatic nitrogens is 3. The van der Waals surface area contributed by atoms with Gasteiger partial charge in [0.1, 0.15) is 5.69 Å². The molecule has 0 bridgehead atoms. The summed E-state index contributed by atoms with van der Waals surface area (Å²) in [7, 11) is 0. The van der Waals surface area contributed by atoms with Crippen molar-refractivity contribution in [3.63, 3.8) is 0 Å². The van der Waals surface area contributed by atoms with Gasteiger partial charge < -0.3 is 0 Å². The molecule has 0 fully saturated rings. The molecule has 109 valence electrons. The molecule has 1 N–H and O–H groups in total. The zero-order chi connectivity index (χ0) is 15.6. The van der Waals surface area contributed by atoms with Crippen molar-refractivity contribution in [3.8, 4) is 22.4 Å². The van der Waals surface area contributed by atoms with Crippen LogP contribution in [-0.2, 0) is 0 Å². The van der Waals surface area contributed by atoms with Crippen LogP contribution in [0, 0.1) is 11.8 Å². The Labute approximate surface area is 137 Å². The van der Waals surface area contributed by atoms with E-state index in [2.05, 4.69) is 21.8 Å². The molecule has 4 aromatic rings. The van der Waals surface area contributed by atoms with E-state index in [0.717, 1.165) is 15.3 Å². The van der Waals surface area contributed by atoms with Crippen molar-refractivity contribution in [1.29, 1.82) is 0 Å². The van der Waals surface area contributed by atoms with E-state index < -0.39 is 0 Å². The first-order valence-electron chi connectivity index (χ1n) is 7.02. The lowest BCUT2D eigenvalue weighted by Crippen LogP contribution is -1.84. The van der Waals surface area contributed by atoms with Gasteiger partial charge in [-0.3, -0.25) is 15.1 Å². The van der Waals surface area contributed by atoms with Crippen molar-refractivity contribution >= 4 is 22.8 Å². The van der Waals surface area contributed by atoms with Gasteiger partial charge in [-0.15, -0.1) is 11.3 Å². The standard InChI is InChI=1S/C18H11N4S/c19-18-17(21-16-12-20-10-11-22(16)18)15-9-8-14(23-15)7-6-13-4-2-1-3-5-13/h1-5,8-12,19H. The molecule has 0 aliphatic heterocycles. The number of rotatable bonds is 1. The molecule has 1 radical (unpaired) electrons. The summed E-state index contributed by atoms with van der Waals surface area (Å²) in [5, 5.41) is 0. The number of imidazole rings is 1. The van der Waals surface area contributed by atoms with Crippen molar-refractivity contribution in [1.82, 2.24) is 20.1 Å². The number of fused-ring (bicyclic) bond motifs is 1. The van der Waals surface area contributed by atoms with Gasteiger partial charge in [0, 0.05) is 18.0 Å². The SMILES string of the molecule is [NH]c1c(-c2ccc(C#Cc3ccccc3)s2)nc2cnccn12. The fourth-order valence-corrected chi connectivity index (χ4v) is 3.12. The molecule has 1 aromatic carbocycles. The van der Waals surface area contributed by atoms with E-state index in [1.807, 2.05) is 42.5 Å². The summed E-state index contributed by atoms with van der Waals surface area (Å²) in [6.07, 6.45) is 5.06. The van der Waals surface area contributed by atoms with Crippen molar-refractivity contribution < 1.29 is 0 Å². The second-order valence-corrected chi connectivity index (χ2v) is 5.98. The summed E-state index contributed by atoms with van der Waals surface area (Å²) in [5.41, 5.74) is 10.6. The molecule has 0 aliphatic carbocycles. The highest BCUT2D eigenvalue weighted by Gasteiger charge is 2.13. The number of benzene rings is 1. The van der Waals surface area contributed by atoms with E-state index in [4.69, 9.17) is 5.73 Å². The van der Waals surface area contributed by atoms with Crippen LogP contribution in [0.2, 0.25) is 0 Å². The maximum absolute atomic E-state index is 8.25. The van der Waals surface area contributed by atoms with Crippen LogP contribution >= 0.6 is 11.3 Å². The fourth-order valence-electron chi connectivity index (χ4n) is 2.27. The maximum atomic E-state index is 8.25. The monoisotopic (exact) mass is 315 g/mol. The molecule has 0 amide bonds. The molecule has 0 aliphatic rings. The third-order valence-corrected chi connectivity index (χ3v) is 4.38. The number of thiophene rings is 1. The smallest absolute Gasteiger partial charge is 0.158 e. The van der Waals surface area contributed by atoms with Crippen LogP contribution in [0.5, 0.6) is 0 Å². The lowest BCUT2D eigenvalue weighted by Gasteiger charge is -1.93. The molecule has 23 heavy (non-hydrogen) atoms. The van der Waals surface area contributed by atoms with Crippen LogP contribution in [0.25, 0.3) is 16.2 Å². The van der Waals surface area contributed by atoms with Gasteiger partial charge in [0.2, 0.25) is 0 Å². The van der Waals surface area contributed by atoms with Crippen molar-refractivity contribution in [3.05, 3.63) is 71.5 Å². The molecule has 0 saturated carbocycles. The van der Waals surface area contributed by atoms with Crippen LogP contribution in [0.15, 0.2) is 61.1 Å². The summed E-state index contributed by atoms with van der Waals surface area (Å²) in [6.45, 7) is 0. The van der Waals surface area contributed by atoms with Crippen molar-refractivity contribution in [2.75, 3.05) is 0 Å². The Morgan fingerprint density at radius 1 is 1.04 bits per heavy atom. The van der Waals surface area contributed by atoms with Gasteiger partial charge in [-0.25, -0.2) is 4.98 Å². The van der Waals surface area contributed by atoms with Gasteiger partial charge in [-0.2, -0.15) is 0 Å². The van der Waals surface area contributed by atoms with Gasteiger partial charge in [0.05, 0.1) is 16.0 Å². The molecule has 4 nitrogen and oxygen atoms in total. The van der Waals surface area contributed by atoms with Crippen LogP contribution in [0.1, 0.15) is 10.4 Å². The highest BCUT2D eigenvalue weighted by Crippen LogP contribution is 2.32. The summed E-state index contributed by atoms with van der Waals surface area (Å²) in [6, 6.07) is 13.8. The fraction of sp³-hybridized carbons (Fsp3) is 0. The average Bonchev–Trinajstić information content (AvgIpc) is 3.19. The van der Waals surface area contributed by atoms with Crippen LogP contribution < -0.4 is 5.73 Å². The van der Waals surface area contributed by atoms with Gasteiger partial charge >= 0.3 is 0 Å². The summed E-state index contributed by atoms with van der Waals surface area (Å²) >= 11 is 1.54. The molecule has 4 rings (SSSR count). The Bertz CT molecular complexity index is 1040. The average molecular weight is 315 g/mol. The van der Waals surface area contributed by atoms with E-state index in [0.29, 0.717) is 17.2 Å². The minimum atomic E-state index is 0.367. The highest BCUT2D eigenvalue weighted by atomic mass is 32.1. The number of hydrogen-bond acceptors (Lipinski definition) is 3. The number of nitrogens with one attached hydrogen (secondary N) is 1. The highest BCUT2D eigenvalue weighted by molar-refractivity contribution is 7.16. The van der Waals surface area contributed by atoms with E-state index in [9.17, 15) is 0 Å². The molecule has 0 unspecified atom stereocenters. The Kier molecular flexibility index (Phi) is 3.30. The van der Waals surface area contributed by atoms with E-state index >= 15 is 0 Å². The zero-order valence-corrected chi connectivity index (χ0v) is 12.8. The van der Waals surface area contributed by atoms with Gasteiger partial charge in [-0.1, -0.05) is 30.0 Å². The van der Waals surface area contributed by atoms with E-state index in [1.165, 1.54) is 0 Å². The summed E-state index contributed by atoms with van der Waals surface area (Å²) in [4.78, 5) is 10.4. The molecule has 3 aromatic heterocycles. The van der Waals surface area contributed by atoms with Crippen molar-refractivity contribution in [2.45, 2.75) is 0 Å². The minimum absolute atomic E-state index is 0.367. The van der Waals surface area contributed by atoms with Crippen LogP contribution in [-0.4, -0.2) is 14.4 Å². The minimum Gasteiger partial charge on any atom is -0.282 e. The maximum Gasteiger partial charge on any atom is 0.158 e. The first-order valence-corrected chi connectivity index (χ1v) is 7.84. The second-order valence-electron chi connectivity index (χ2n) is 4.89. The van der Waals surface area contributed by atoms with Gasteiger partial charge in [-0.05, 0) is 24.3 Å². The van der Waals surface area contributed by atoms with Crippen LogP contribution in [0.4, 0.5) is 5.82 Å². The number of hydrogen-bond donors (Lipinski definition) is 0. The van der Waals surface area contributed by atoms with Crippen LogP contribution in [0.3, 0.4) is 0 Å². The molecule has 5 heteroatoms. The molecular formula is C18H11N4S. The predicted molar refractivity (Wildman–Crippen MR) is 91.5 cm³/mol. The molecular weight excluding hydrogens is 304 g/mol. The second kappa shape index (κ2) is 5.59. The lowest BCUT2D eigenvalue weighted by molar-refractivity contribution is 1.11. The first kappa shape index (κ1) is 13.6. The largest absolute Gasteiger partial charge is 0.282 e. The molecule has 0 spiro atoms. The number of nitrogens with zero attached hydrogens (tertiary/aromatic N) is 3. The quantitative estimate of drug-likeness (QED) is 0.502. The van der Waals surface area contributed by atoms with Gasteiger partial charge in [0.25, 0.3) is 0 Å². The zero-order valence-electron chi connectivity index (χ0n) is 12.0. The van der Waals surface area contributed by atoms with Crippen molar-refractivity contribution in [2.24, 2.45) is 0 Å². The normalized spacial score (nSPS) is 10.4. The summed E-state index contributed by atoms with van der Waals surface area (Å²) < 4.78 is 1.72. The Hall–Kier alpha value is -3.10. The molecule has 3 heterocycles. The predicted octanol–water partition coefficient (Wildman–Crippen LogP) is 3.77. The third kappa shape index (κ3) is 2.56. The summed E-state index contributed by atoms with van der Waals surface area (Å²) in [5.74, 6) is 6.68. The topological polar surface area (TPSA) is 54.0 Å². The third-order valence-electron chi connectivity index (χ3n) is 3.37. The first-order chi connectivity index (χ1) is 11.3. The Morgan fingerprint density at radius 3 is 2.74 bits per heavy atom. The molecule has 0 saturated heterocycles. The molecule has 0 atom stereocenters. The van der Waals surface area contributed by atoms with E-state index in [-0.39, 0.29) is 0 Å². The van der Waals surface area contributed by atoms with Gasteiger partial charge in [0.15, 0.2) is 11.5 Å². The Balaban J connectivity index is 1.70. The lowest BCUT2D eigenvalue weighted by atomic mass is 10.2. The Morgan fingerprint density at radius 2 is 1.91 bits per heavy atom.